The topological polar surface area (TPSA) is 118 Å². The van der Waals surface area contributed by atoms with E-state index >= 15 is 0 Å². The number of hydrogen-bond donors (Lipinski definition) is 3. The second kappa shape index (κ2) is 6.14. The minimum absolute atomic E-state index is 0.0711. The average molecular weight is 267 g/mol. The second-order valence-corrected chi connectivity index (χ2v) is 4.53. The fourth-order valence-corrected chi connectivity index (χ4v) is 1.59. The molecule has 0 unspecified atom stereocenters. The molecule has 0 fully saturated rings. The van der Waals surface area contributed by atoms with Gasteiger partial charge in [0.05, 0.1) is 17.6 Å². The molecule has 104 valence electrons. The van der Waals surface area contributed by atoms with Crippen molar-refractivity contribution in [2.45, 2.75) is 19.9 Å². The molecule has 0 radical (unpaired) electrons. The molecule has 7 heteroatoms. The lowest BCUT2D eigenvalue weighted by molar-refractivity contribution is -0.384. The summed E-state index contributed by atoms with van der Waals surface area (Å²) in [5, 5.41) is 23.0. The molecule has 0 heterocycles. The molecular weight excluding hydrogens is 250 g/mol. The molecule has 1 rings (SSSR count). The Morgan fingerprint density at radius 2 is 2.16 bits per heavy atom. The summed E-state index contributed by atoms with van der Waals surface area (Å²) < 4.78 is 0. The van der Waals surface area contributed by atoms with Crippen LogP contribution in [0.4, 0.5) is 11.4 Å². The van der Waals surface area contributed by atoms with Crippen molar-refractivity contribution in [1.82, 2.24) is 0 Å². The van der Waals surface area contributed by atoms with Crippen molar-refractivity contribution in [3.8, 4) is 0 Å². The number of nitro benzene ring substituents is 1. The number of hydrogen-bond acceptors (Lipinski definition) is 5. The molecule has 0 aliphatic heterocycles. The number of carbonyl (C=O) groups excluding carboxylic acids is 1. The van der Waals surface area contributed by atoms with Crippen molar-refractivity contribution in [2.75, 3.05) is 11.9 Å². The van der Waals surface area contributed by atoms with Gasteiger partial charge in [-0.1, -0.05) is 13.8 Å². The van der Waals surface area contributed by atoms with Gasteiger partial charge in [0.1, 0.15) is 5.69 Å². The van der Waals surface area contributed by atoms with Crippen molar-refractivity contribution in [2.24, 2.45) is 11.7 Å². The van der Waals surface area contributed by atoms with Gasteiger partial charge >= 0.3 is 0 Å². The minimum atomic E-state index is -0.664. The fraction of sp³-hybridized carbons (Fsp3) is 0.417. The number of anilines is 1. The third-order valence-corrected chi connectivity index (χ3v) is 2.82. The number of nitrogens with one attached hydrogen (secondary N) is 1. The monoisotopic (exact) mass is 267 g/mol. The van der Waals surface area contributed by atoms with Gasteiger partial charge in [0.15, 0.2) is 0 Å². The van der Waals surface area contributed by atoms with E-state index in [0.29, 0.717) is 0 Å². The molecule has 1 atom stereocenters. The number of benzene rings is 1. The van der Waals surface area contributed by atoms with Gasteiger partial charge in [-0.3, -0.25) is 14.9 Å². The van der Waals surface area contributed by atoms with Crippen LogP contribution in [0.1, 0.15) is 24.2 Å². The standard InChI is InChI=1S/C12H17N3O4/c1-7(2)10(6-16)14-9-5-8(12(13)17)3-4-11(9)15(18)19/h3-5,7,10,14,16H,6H2,1-2H3,(H2,13,17)/t10-/m1/s1. The Morgan fingerprint density at radius 1 is 1.53 bits per heavy atom. The van der Waals surface area contributed by atoms with E-state index in [1.54, 1.807) is 0 Å². The first-order valence-corrected chi connectivity index (χ1v) is 5.82. The maximum atomic E-state index is 11.1. The summed E-state index contributed by atoms with van der Waals surface area (Å²) in [6, 6.07) is 3.50. The number of primary amides is 1. The zero-order valence-electron chi connectivity index (χ0n) is 10.8. The Kier molecular flexibility index (Phi) is 4.82. The number of nitro groups is 1. The van der Waals surface area contributed by atoms with Crippen LogP contribution in [-0.4, -0.2) is 28.6 Å². The van der Waals surface area contributed by atoms with Gasteiger partial charge in [-0.05, 0) is 18.1 Å². The van der Waals surface area contributed by atoms with Crippen LogP contribution in [0.25, 0.3) is 0 Å². The second-order valence-electron chi connectivity index (χ2n) is 4.53. The van der Waals surface area contributed by atoms with Crippen LogP contribution in [0.3, 0.4) is 0 Å². The molecular formula is C12H17N3O4. The van der Waals surface area contributed by atoms with Crippen LogP contribution >= 0.6 is 0 Å². The molecule has 0 spiro atoms. The lowest BCUT2D eigenvalue weighted by atomic mass is 10.0. The van der Waals surface area contributed by atoms with E-state index in [2.05, 4.69) is 5.32 Å². The Labute approximate surface area is 110 Å². The summed E-state index contributed by atoms with van der Waals surface area (Å²) >= 11 is 0. The Bertz CT molecular complexity index is 488. The van der Waals surface area contributed by atoms with Gasteiger partial charge in [0.25, 0.3) is 5.69 Å². The third-order valence-electron chi connectivity index (χ3n) is 2.82. The molecule has 7 nitrogen and oxygen atoms in total. The van der Waals surface area contributed by atoms with Crippen molar-refractivity contribution < 1.29 is 14.8 Å². The first-order chi connectivity index (χ1) is 8.86. The van der Waals surface area contributed by atoms with Gasteiger partial charge in [-0.15, -0.1) is 0 Å². The molecule has 19 heavy (non-hydrogen) atoms. The molecule has 0 aliphatic rings. The molecule has 0 bridgehead atoms. The van der Waals surface area contributed by atoms with Crippen LogP contribution < -0.4 is 11.1 Å². The Balaban J connectivity index is 3.17. The number of carbonyl (C=O) groups is 1. The van der Waals surface area contributed by atoms with E-state index in [0.717, 1.165) is 0 Å². The first kappa shape index (κ1) is 14.9. The van der Waals surface area contributed by atoms with E-state index < -0.39 is 10.8 Å². The van der Waals surface area contributed by atoms with Crippen molar-refractivity contribution in [1.29, 1.82) is 0 Å². The first-order valence-electron chi connectivity index (χ1n) is 5.82. The maximum absolute atomic E-state index is 11.1. The zero-order chi connectivity index (χ0) is 14.6. The third kappa shape index (κ3) is 3.65. The largest absolute Gasteiger partial charge is 0.394 e. The van der Waals surface area contributed by atoms with Crippen molar-refractivity contribution in [3.05, 3.63) is 33.9 Å². The Hall–Kier alpha value is -2.15. The summed E-state index contributed by atoms with van der Waals surface area (Å²) in [5.41, 5.74) is 5.33. The van der Waals surface area contributed by atoms with Crippen LogP contribution in [0.5, 0.6) is 0 Å². The number of nitrogens with two attached hydrogens (primary N) is 1. The number of amides is 1. The van der Waals surface area contributed by atoms with E-state index in [1.165, 1.54) is 18.2 Å². The van der Waals surface area contributed by atoms with Crippen LogP contribution in [-0.2, 0) is 0 Å². The SMILES string of the molecule is CC(C)[C@@H](CO)Nc1cc(C(N)=O)ccc1[N+](=O)[O-]. The number of aliphatic hydroxyl groups excluding tert-OH is 1. The van der Waals surface area contributed by atoms with Crippen LogP contribution in [0.15, 0.2) is 18.2 Å². The quantitative estimate of drug-likeness (QED) is 0.527. The highest BCUT2D eigenvalue weighted by Crippen LogP contribution is 2.27. The average Bonchev–Trinajstić information content (AvgIpc) is 2.34. The molecule has 1 aromatic rings. The summed E-state index contributed by atoms with van der Waals surface area (Å²) in [4.78, 5) is 21.5. The summed E-state index contributed by atoms with van der Waals surface area (Å²) in [6.07, 6.45) is 0. The van der Waals surface area contributed by atoms with Crippen LogP contribution in [0.2, 0.25) is 0 Å². The maximum Gasteiger partial charge on any atom is 0.292 e. The molecule has 4 N–H and O–H groups in total. The van der Waals surface area contributed by atoms with Crippen LogP contribution in [0, 0.1) is 16.0 Å². The van der Waals surface area contributed by atoms with Gasteiger partial charge in [-0.2, -0.15) is 0 Å². The molecule has 0 saturated heterocycles. The highest BCUT2D eigenvalue weighted by Gasteiger charge is 2.20. The summed E-state index contributed by atoms with van der Waals surface area (Å²) in [5.74, 6) is -0.593. The highest BCUT2D eigenvalue weighted by molar-refractivity contribution is 5.94. The van der Waals surface area contributed by atoms with Gasteiger partial charge in [-0.25, -0.2) is 0 Å². The van der Waals surface area contributed by atoms with Gasteiger partial charge in [0.2, 0.25) is 5.91 Å². The molecule has 1 aromatic carbocycles. The lowest BCUT2D eigenvalue weighted by Crippen LogP contribution is -2.30. The molecule has 0 saturated carbocycles. The zero-order valence-corrected chi connectivity index (χ0v) is 10.8. The predicted octanol–water partition coefficient (Wildman–Crippen LogP) is 1.12. The van der Waals surface area contributed by atoms with E-state index in [9.17, 15) is 20.0 Å². The fourth-order valence-electron chi connectivity index (χ4n) is 1.59. The van der Waals surface area contributed by atoms with Crippen molar-refractivity contribution in [3.63, 3.8) is 0 Å². The molecule has 0 aromatic heterocycles. The van der Waals surface area contributed by atoms with E-state index in [1.807, 2.05) is 13.8 Å². The minimum Gasteiger partial charge on any atom is -0.394 e. The smallest absolute Gasteiger partial charge is 0.292 e. The lowest BCUT2D eigenvalue weighted by Gasteiger charge is -2.21. The number of aliphatic hydroxyl groups is 1. The normalized spacial score (nSPS) is 12.2. The van der Waals surface area contributed by atoms with Crippen molar-refractivity contribution >= 4 is 17.3 Å². The molecule has 1 amide bonds. The molecule has 0 aliphatic carbocycles. The summed E-state index contributed by atoms with van der Waals surface area (Å²) in [7, 11) is 0. The predicted molar refractivity (Wildman–Crippen MR) is 70.9 cm³/mol. The Morgan fingerprint density at radius 3 is 2.58 bits per heavy atom. The van der Waals surface area contributed by atoms with Gasteiger partial charge < -0.3 is 16.2 Å². The van der Waals surface area contributed by atoms with Gasteiger partial charge in [0, 0.05) is 11.6 Å². The van der Waals surface area contributed by atoms with E-state index in [-0.39, 0.29) is 35.5 Å². The number of nitrogens with zero attached hydrogens (tertiary/aromatic N) is 1. The van der Waals surface area contributed by atoms with E-state index in [4.69, 9.17) is 5.73 Å². The highest BCUT2D eigenvalue weighted by atomic mass is 16.6. The summed E-state index contributed by atoms with van der Waals surface area (Å²) in [6.45, 7) is 3.57. The number of rotatable bonds is 6.